The first-order valence-electron chi connectivity index (χ1n) is 6.46. The Morgan fingerprint density at radius 2 is 2.24 bits per heavy atom. The Labute approximate surface area is 132 Å². The van der Waals surface area contributed by atoms with Crippen LogP contribution < -0.4 is 10.1 Å². The van der Waals surface area contributed by atoms with E-state index in [1.165, 1.54) is 0 Å². The SMILES string of the molecule is CCc1cn[nH]c1NC(=O)C(C)Oc1ccc(Cl)cc1Cl. The van der Waals surface area contributed by atoms with E-state index in [-0.39, 0.29) is 5.91 Å². The second-order valence-corrected chi connectivity index (χ2v) is 5.29. The van der Waals surface area contributed by atoms with Gasteiger partial charge in [-0.1, -0.05) is 30.1 Å². The smallest absolute Gasteiger partial charge is 0.266 e. The molecule has 0 aliphatic rings. The molecule has 0 aliphatic heterocycles. The van der Waals surface area contributed by atoms with Crippen LogP contribution in [0.4, 0.5) is 5.82 Å². The predicted molar refractivity (Wildman–Crippen MR) is 83.1 cm³/mol. The number of aromatic amines is 1. The number of halogens is 2. The van der Waals surface area contributed by atoms with E-state index in [0.29, 0.717) is 21.6 Å². The molecule has 0 saturated heterocycles. The zero-order valence-corrected chi connectivity index (χ0v) is 13.1. The number of nitrogens with zero attached hydrogens (tertiary/aromatic N) is 1. The molecule has 1 atom stereocenters. The molecule has 21 heavy (non-hydrogen) atoms. The van der Waals surface area contributed by atoms with Crippen LogP contribution in [0.25, 0.3) is 0 Å². The van der Waals surface area contributed by atoms with Crippen molar-refractivity contribution in [2.75, 3.05) is 5.32 Å². The van der Waals surface area contributed by atoms with E-state index in [9.17, 15) is 4.79 Å². The van der Waals surface area contributed by atoms with Gasteiger partial charge in [0.25, 0.3) is 5.91 Å². The lowest BCUT2D eigenvalue weighted by Crippen LogP contribution is -2.30. The van der Waals surface area contributed by atoms with Crippen LogP contribution in [0.15, 0.2) is 24.4 Å². The van der Waals surface area contributed by atoms with E-state index < -0.39 is 6.10 Å². The maximum Gasteiger partial charge on any atom is 0.266 e. The highest BCUT2D eigenvalue weighted by Crippen LogP contribution is 2.28. The van der Waals surface area contributed by atoms with Gasteiger partial charge in [-0.2, -0.15) is 5.10 Å². The maximum absolute atomic E-state index is 12.1. The summed E-state index contributed by atoms with van der Waals surface area (Å²) < 4.78 is 5.55. The number of nitrogens with one attached hydrogen (secondary N) is 2. The molecule has 0 aliphatic carbocycles. The fraction of sp³-hybridized carbons (Fsp3) is 0.286. The number of aromatic nitrogens is 2. The minimum Gasteiger partial charge on any atom is -0.479 e. The monoisotopic (exact) mass is 327 g/mol. The summed E-state index contributed by atoms with van der Waals surface area (Å²) in [5.74, 6) is 0.698. The lowest BCUT2D eigenvalue weighted by molar-refractivity contribution is -0.122. The minimum absolute atomic E-state index is 0.292. The predicted octanol–water partition coefficient (Wildman–Crippen LogP) is 3.68. The van der Waals surface area contributed by atoms with Crippen LogP contribution in [0.3, 0.4) is 0 Å². The third-order valence-electron chi connectivity index (χ3n) is 2.91. The van der Waals surface area contributed by atoms with Gasteiger partial charge in [0.1, 0.15) is 11.6 Å². The number of ether oxygens (including phenoxy) is 1. The van der Waals surface area contributed by atoms with Gasteiger partial charge >= 0.3 is 0 Å². The molecule has 1 aromatic heterocycles. The van der Waals surface area contributed by atoms with Crippen molar-refractivity contribution >= 4 is 34.9 Å². The van der Waals surface area contributed by atoms with Crippen molar-refractivity contribution in [3.8, 4) is 5.75 Å². The van der Waals surface area contributed by atoms with E-state index >= 15 is 0 Å². The number of H-pyrrole nitrogens is 1. The quantitative estimate of drug-likeness (QED) is 0.880. The summed E-state index contributed by atoms with van der Waals surface area (Å²) in [7, 11) is 0. The zero-order valence-electron chi connectivity index (χ0n) is 11.6. The summed E-state index contributed by atoms with van der Waals surface area (Å²) in [6.07, 6.45) is 1.73. The van der Waals surface area contributed by atoms with Crippen LogP contribution >= 0.6 is 23.2 Å². The molecular formula is C14H15Cl2N3O2. The topological polar surface area (TPSA) is 67.0 Å². The second kappa shape index (κ2) is 6.83. The molecule has 2 aromatic rings. The van der Waals surface area contributed by atoms with Crippen molar-refractivity contribution in [3.05, 3.63) is 40.0 Å². The van der Waals surface area contributed by atoms with Crippen molar-refractivity contribution in [1.29, 1.82) is 0 Å². The van der Waals surface area contributed by atoms with Gasteiger partial charge in [-0.05, 0) is 31.5 Å². The third-order valence-corrected chi connectivity index (χ3v) is 3.44. The van der Waals surface area contributed by atoms with Gasteiger partial charge in [-0.3, -0.25) is 9.89 Å². The number of benzene rings is 1. The number of rotatable bonds is 5. The average molecular weight is 328 g/mol. The Bertz CT molecular complexity index is 643. The lowest BCUT2D eigenvalue weighted by atomic mass is 10.2. The molecule has 0 saturated carbocycles. The molecular weight excluding hydrogens is 313 g/mol. The van der Waals surface area contributed by atoms with Crippen molar-refractivity contribution in [2.24, 2.45) is 0 Å². The Hall–Kier alpha value is -1.72. The van der Waals surface area contributed by atoms with Crippen molar-refractivity contribution in [2.45, 2.75) is 26.4 Å². The molecule has 0 radical (unpaired) electrons. The molecule has 1 unspecified atom stereocenters. The molecule has 0 spiro atoms. The largest absolute Gasteiger partial charge is 0.479 e. The van der Waals surface area contributed by atoms with Crippen LogP contribution in [-0.2, 0) is 11.2 Å². The van der Waals surface area contributed by atoms with E-state index in [1.54, 1.807) is 31.3 Å². The number of hydrogen-bond acceptors (Lipinski definition) is 3. The summed E-state index contributed by atoms with van der Waals surface area (Å²) >= 11 is 11.8. The average Bonchev–Trinajstić information content (AvgIpc) is 2.89. The fourth-order valence-electron chi connectivity index (χ4n) is 1.73. The summed E-state index contributed by atoms with van der Waals surface area (Å²) in [5, 5.41) is 10.3. The molecule has 5 nitrogen and oxygen atoms in total. The third kappa shape index (κ3) is 3.89. The van der Waals surface area contributed by atoms with Crippen LogP contribution in [0.1, 0.15) is 19.4 Å². The van der Waals surface area contributed by atoms with Gasteiger partial charge in [0, 0.05) is 10.6 Å². The van der Waals surface area contributed by atoms with E-state index in [0.717, 1.165) is 12.0 Å². The van der Waals surface area contributed by atoms with Gasteiger partial charge < -0.3 is 10.1 Å². The summed E-state index contributed by atoms with van der Waals surface area (Å²) in [4.78, 5) is 12.1. The van der Waals surface area contributed by atoms with Gasteiger partial charge in [0.2, 0.25) is 0 Å². The van der Waals surface area contributed by atoms with Crippen molar-refractivity contribution in [3.63, 3.8) is 0 Å². The normalized spacial score (nSPS) is 12.0. The van der Waals surface area contributed by atoms with E-state index in [2.05, 4.69) is 15.5 Å². The molecule has 1 heterocycles. The molecule has 1 amide bonds. The lowest BCUT2D eigenvalue weighted by Gasteiger charge is -2.15. The first-order chi connectivity index (χ1) is 10.0. The second-order valence-electron chi connectivity index (χ2n) is 4.45. The van der Waals surface area contributed by atoms with Crippen LogP contribution in [0, 0.1) is 0 Å². The van der Waals surface area contributed by atoms with Crippen molar-refractivity contribution < 1.29 is 9.53 Å². The summed E-state index contributed by atoms with van der Waals surface area (Å²) in [6.45, 7) is 3.62. The molecule has 7 heteroatoms. The number of amides is 1. The minimum atomic E-state index is -0.711. The standard InChI is InChI=1S/C14H15Cl2N3O2/c1-3-9-7-17-19-13(9)18-14(20)8(2)21-12-5-4-10(15)6-11(12)16/h4-8H,3H2,1-2H3,(H2,17,18,19,20). The maximum atomic E-state index is 12.1. The first kappa shape index (κ1) is 15.7. The van der Waals surface area contributed by atoms with Crippen LogP contribution in [0.2, 0.25) is 10.0 Å². The van der Waals surface area contributed by atoms with Gasteiger partial charge in [-0.15, -0.1) is 0 Å². The van der Waals surface area contributed by atoms with Crippen LogP contribution in [0.5, 0.6) is 5.75 Å². The number of carbonyl (C=O) groups is 1. The highest BCUT2D eigenvalue weighted by atomic mass is 35.5. The molecule has 0 bridgehead atoms. The Morgan fingerprint density at radius 3 is 2.90 bits per heavy atom. The van der Waals surface area contributed by atoms with E-state index in [4.69, 9.17) is 27.9 Å². The summed E-state index contributed by atoms with van der Waals surface area (Å²) in [5.41, 5.74) is 0.931. The van der Waals surface area contributed by atoms with Gasteiger partial charge in [0.05, 0.1) is 11.2 Å². The van der Waals surface area contributed by atoms with Crippen molar-refractivity contribution in [1.82, 2.24) is 10.2 Å². The zero-order chi connectivity index (χ0) is 15.4. The molecule has 0 fully saturated rings. The highest BCUT2D eigenvalue weighted by molar-refractivity contribution is 6.35. The molecule has 1 aromatic carbocycles. The Kier molecular flexibility index (Phi) is 5.09. The number of anilines is 1. The Morgan fingerprint density at radius 1 is 1.48 bits per heavy atom. The number of carbonyl (C=O) groups excluding carboxylic acids is 1. The molecule has 2 rings (SSSR count). The number of aryl methyl sites for hydroxylation is 1. The molecule has 112 valence electrons. The van der Waals surface area contributed by atoms with E-state index in [1.807, 2.05) is 6.92 Å². The van der Waals surface area contributed by atoms with Crippen LogP contribution in [-0.4, -0.2) is 22.2 Å². The van der Waals surface area contributed by atoms with Gasteiger partial charge in [0.15, 0.2) is 6.10 Å². The fourth-order valence-corrected chi connectivity index (χ4v) is 2.18. The molecule has 2 N–H and O–H groups in total. The van der Waals surface area contributed by atoms with Gasteiger partial charge in [-0.25, -0.2) is 0 Å². The Balaban J connectivity index is 2.02. The summed E-state index contributed by atoms with van der Waals surface area (Å²) in [6, 6.07) is 4.84. The first-order valence-corrected chi connectivity index (χ1v) is 7.21. The highest BCUT2D eigenvalue weighted by Gasteiger charge is 2.18. The number of hydrogen-bond donors (Lipinski definition) is 2.